The van der Waals surface area contributed by atoms with Gasteiger partial charge in [0.15, 0.2) is 17.5 Å². The third-order valence-corrected chi connectivity index (χ3v) is 2.70. The summed E-state index contributed by atoms with van der Waals surface area (Å²) < 4.78 is 0. The van der Waals surface area contributed by atoms with Crippen LogP contribution in [0.3, 0.4) is 0 Å². The van der Waals surface area contributed by atoms with Crippen molar-refractivity contribution in [3.63, 3.8) is 0 Å². The van der Waals surface area contributed by atoms with Gasteiger partial charge in [0, 0.05) is 5.92 Å². The third kappa shape index (κ3) is 3.43. The molecule has 0 fully saturated rings. The summed E-state index contributed by atoms with van der Waals surface area (Å²) in [6.45, 7) is 8.60. The van der Waals surface area contributed by atoms with E-state index >= 15 is 0 Å². The topological polar surface area (TPSA) is 71.4 Å². The minimum absolute atomic E-state index is 0.0358. The number of carboxylic acid groups (broad SMARTS) is 1. The standard InChI is InChI=1S/C12H20O4/c1-6(2)9(7(3)4)11(14)10(8(5)13)12(15)16/h6-7,9-10H,1-5H3,(H,15,16). The molecule has 0 aromatic heterocycles. The molecule has 4 nitrogen and oxygen atoms in total. The smallest absolute Gasteiger partial charge is 0.321 e. The van der Waals surface area contributed by atoms with E-state index in [9.17, 15) is 14.4 Å². The molecule has 0 aromatic rings. The molecule has 0 saturated carbocycles. The summed E-state index contributed by atoms with van der Waals surface area (Å²) in [5.74, 6) is -4.22. The highest BCUT2D eigenvalue weighted by Gasteiger charge is 2.38. The van der Waals surface area contributed by atoms with Gasteiger partial charge in [0.1, 0.15) is 0 Å². The summed E-state index contributed by atoms with van der Waals surface area (Å²) in [5.41, 5.74) is 0. The molecule has 16 heavy (non-hydrogen) atoms. The van der Waals surface area contributed by atoms with Gasteiger partial charge in [0.05, 0.1) is 0 Å². The SMILES string of the molecule is CC(=O)C(C(=O)O)C(=O)C(C(C)C)C(C)C. The second kappa shape index (κ2) is 5.77. The highest BCUT2D eigenvalue weighted by molar-refractivity contribution is 6.16. The Hall–Kier alpha value is -1.19. The van der Waals surface area contributed by atoms with Gasteiger partial charge in [-0.2, -0.15) is 0 Å². The molecule has 4 heteroatoms. The maximum Gasteiger partial charge on any atom is 0.321 e. The number of hydrogen-bond donors (Lipinski definition) is 1. The van der Waals surface area contributed by atoms with Crippen molar-refractivity contribution in [2.45, 2.75) is 34.6 Å². The molecule has 1 N–H and O–H groups in total. The molecule has 1 unspecified atom stereocenters. The Morgan fingerprint density at radius 2 is 1.31 bits per heavy atom. The first kappa shape index (κ1) is 14.8. The summed E-state index contributed by atoms with van der Waals surface area (Å²) in [4.78, 5) is 34.1. The fraction of sp³-hybridized carbons (Fsp3) is 0.750. The van der Waals surface area contributed by atoms with Gasteiger partial charge in [-0.05, 0) is 18.8 Å². The van der Waals surface area contributed by atoms with Crippen LogP contribution in [-0.2, 0) is 14.4 Å². The molecular formula is C12H20O4. The molecule has 0 bridgehead atoms. The maximum atomic E-state index is 12.0. The number of carbonyl (C=O) groups excluding carboxylic acids is 2. The summed E-state index contributed by atoms with van der Waals surface area (Å²) in [6, 6.07) is 0. The van der Waals surface area contributed by atoms with Gasteiger partial charge in [0.25, 0.3) is 0 Å². The highest BCUT2D eigenvalue weighted by Crippen LogP contribution is 2.25. The van der Waals surface area contributed by atoms with Crippen molar-refractivity contribution in [1.29, 1.82) is 0 Å². The number of carbonyl (C=O) groups is 3. The number of carboxylic acids is 1. The Labute approximate surface area is 96.0 Å². The zero-order chi connectivity index (χ0) is 13.0. The third-order valence-electron chi connectivity index (χ3n) is 2.70. The quantitative estimate of drug-likeness (QED) is 0.703. The van der Waals surface area contributed by atoms with E-state index in [0.717, 1.165) is 6.92 Å². The second-order valence-electron chi connectivity index (χ2n) is 4.80. The number of Topliss-reactive ketones (excluding diaryl/α,β-unsaturated/α-hetero) is 2. The molecule has 0 aliphatic heterocycles. The van der Waals surface area contributed by atoms with Crippen LogP contribution < -0.4 is 0 Å². The normalized spacial score (nSPS) is 13.2. The van der Waals surface area contributed by atoms with Gasteiger partial charge >= 0.3 is 5.97 Å². The lowest BCUT2D eigenvalue weighted by molar-refractivity contribution is -0.152. The van der Waals surface area contributed by atoms with E-state index in [2.05, 4.69) is 0 Å². The van der Waals surface area contributed by atoms with Gasteiger partial charge in [0.2, 0.25) is 0 Å². The lowest BCUT2D eigenvalue weighted by Crippen LogP contribution is -2.38. The molecule has 92 valence electrons. The molecular weight excluding hydrogens is 208 g/mol. The molecule has 0 aliphatic carbocycles. The molecule has 0 aromatic carbocycles. The van der Waals surface area contributed by atoms with E-state index in [1.165, 1.54) is 0 Å². The number of ketones is 2. The summed E-state index contributed by atoms with van der Waals surface area (Å²) in [7, 11) is 0. The molecule has 0 spiro atoms. The lowest BCUT2D eigenvalue weighted by atomic mass is 9.77. The average molecular weight is 228 g/mol. The van der Waals surface area contributed by atoms with Crippen molar-refractivity contribution in [2.75, 3.05) is 0 Å². The van der Waals surface area contributed by atoms with E-state index in [0.29, 0.717) is 0 Å². The Morgan fingerprint density at radius 3 is 1.50 bits per heavy atom. The summed E-state index contributed by atoms with van der Waals surface area (Å²) >= 11 is 0. The minimum Gasteiger partial charge on any atom is -0.480 e. The first-order valence-corrected chi connectivity index (χ1v) is 5.47. The van der Waals surface area contributed by atoms with Crippen LogP contribution in [-0.4, -0.2) is 22.6 Å². The van der Waals surface area contributed by atoms with Crippen LogP contribution in [0.1, 0.15) is 34.6 Å². The number of rotatable bonds is 6. The van der Waals surface area contributed by atoms with Crippen LogP contribution in [0.4, 0.5) is 0 Å². The van der Waals surface area contributed by atoms with Crippen LogP contribution in [0.2, 0.25) is 0 Å². The fourth-order valence-corrected chi connectivity index (χ4v) is 2.12. The van der Waals surface area contributed by atoms with Crippen molar-refractivity contribution in [1.82, 2.24) is 0 Å². The largest absolute Gasteiger partial charge is 0.480 e. The van der Waals surface area contributed by atoms with E-state index < -0.39 is 23.5 Å². The number of aliphatic carboxylic acids is 1. The van der Waals surface area contributed by atoms with Crippen molar-refractivity contribution in [3.05, 3.63) is 0 Å². The lowest BCUT2D eigenvalue weighted by Gasteiger charge is -2.25. The van der Waals surface area contributed by atoms with Crippen LogP contribution in [0.25, 0.3) is 0 Å². The molecule has 0 amide bonds. The first-order valence-electron chi connectivity index (χ1n) is 5.47. The van der Waals surface area contributed by atoms with Crippen LogP contribution >= 0.6 is 0 Å². The Bertz CT molecular complexity index is 269. The van der Waals surface area contributed by atoms with Gasteiger partial charge in [-0.25, -0.2) is 0 Å². The Morgan fingerprint density at radius 1 is 0.938 bits per heavy atom. The van der Waals surface area contributed by atoms with E-state index in [1.54, 1.807) is 0 Å². The summed E-state index contributed by atoms with van der Waals surface area (Å²) in [5, 5.41) is 8.88. The molecule has 1 atom stereocenters. The maximum absolute atomic E-state index is 12.0. The van der Waals surface area contributed by atoms with Crippen molar-refractivity contribution < 1.29 is 19.5 Å². The predicted molar refractivity (Wildman–Crippen MR) is 60.0 cm³/mol. The Balaban J connectivity index is 5.11. The van der Waals surface area contributed by atoms with Gasteiger partial charge in [-0.15, -0.1) is 0 Å². The molecule has 0 aliphatic rings. The van der Waals surface area contributed by atoms with E-state index in [1.807, 2.05) is 27.7 Å². The second-order valence-corrected chi connectivity index (χ2v) is 4.80. The van der Waals surface area contributed by atoms with Crippen molar-refractivity contribution in [3.8, 4) is 0 Å². The van der Waals surface area contributed by atoms with Crippen molar-refractivity contribution in [2.24, 2.45) is 23.7 Å². The Kier molecular flexibility index (Phi) is 5.35. The molecule has 0 radical (unpaired) electrons. The van der Waals surface area contributed by atoms with E-state index in [-0.39, 0.29) is 17.8 Å². The van der Waals surface area contributed by atoms with Crippen LogP contribution in [0.15, 0.2) is 0 Å². The predicted octanol–water partition coefficient (Wildman–Crippen LogP) is 1.77. The van der Waals surface area contributed by atoms with Gasteiger partial charge in [-0.1, -0.05) is 27.7 Å². The average Bonchev–Trinajstić information content (AvgIpc) is 1.99. The van der Waals surface area contributed by atoms with Crippen LogP contribution in [0.5, 0.6) is 0 Å². The number of hydrogen-bond acceptors (Lipinski definition) is 3. The van der Waals surface area contributed by atoms with Gasteiger partial charge < -0.3 is 5.11 Å². The monoisotopic (exact) mass is 228 g/mol. The molecule has 0 heterocycles. The zero-order valence-corrected chi connectivity index (χ0v) is 10.5. The highest BCUT2D eigenvalue weighted by atomic mass is 16.4. The molecule has 0 rings (SSSR count). The summed E-state index contributed by atoms with van der Waals surface area (Å²) in [6.07, 6.45) is 0. The van der Waals surface area contributed by atoms with Gasteiger partial charge in [-0.3, -0.25) is 14.4 Å². The first-order chi connectivity index (χ1) is 7.20. The van der Waals surface area contributed by atoms with Crippen LogP contribution in [0, 0.1) is 23.7 Å². The zero-order valence-electron chi connectivity index (χ0n) is 10.5. The fourth-order valence-electron chi connectivity index (χ4n) is 2.12. The molecule has 0 saturated heterocycles. The van der Waals surface area contributed by atoms with E-state index in [4.69, 9.17) is 5.11 Å². The minimum atomic E-state index is -1.50. The van der Waals surface area contributed by atoms with Crippen molar-refractivity contribution >= 4 is 17.5 Å².